The summed E-state index contributed by atoms with van der Waals surface area (Å²) in [5.74, 6) is -0.0415. The molecule has 0 saturated carbocycles. The predicted octanol–water partition coefficient (Wildman–Crippen LogP) is 7.71. The van der Waals surface area contributed by atoms with Crippen molar-refractivity contribution in [3.05, 3.63) is 122 Å². The van der Waals surface area contributed by atoms with Crippen LogP contribution < -0.4 is 5.32 Å². The number of carbonyl (C=O) groups excluding carboxylic acids is 1. The lowest BCUT2D eigenvalue weighted by Crippen LogP contribution is -2.12. The highest BCUT2D eigenvalue weighted by Crippen LogP contribution is 2.31. The SMILES string of the molecule is Cc1cc(N=Cc2cc(Cc3ccccc3Cl)cc(Br)c2O)ccc1NC(=O)c1ccccc1. The van der Waals surface area contributed by atoms with Crippen molar-refractivity contribution >= 4 is 51.0 Å². The van der Waals surface area contributed by atoms with Gasteiger partial charge in [-0.2, -0.15) is 0 Å². The van der Waals surface area contributed by atoms with E-state index in [0.29, 0.717) is 32.7 Å². The summed E-state index contributed by atoms with van der Waals surface area (Å²) in [6.07, 6.45) is 2.27. The van der Waals surface area contributed by atoms with E-state index < -0.39 is 0 Å². The van der Waals surface area contributed by atoms with Crippen LogP contribution in [-0.2, 0) is 6.42 Å². The van der Waals surface area contributed by atoms with E-state index >= 15 is 0 Å². The van der Waals surface area contributed by atoms with Crippen LogP contribution in [0.1, 0.15) is 32.6 Å². The van der Waals surface area contributed by atoms with Gasteiger partial charge in [0.25, 0.3) is 5.91 Å². The van der Waals surface area contributed by atoms with Crippen molar-refractivity contribution in [1.82, 2.24) is 0 Å². The zero-order chi connectivity index (χ0) is 24.1. The van der Waals surface area contributed by atoms with Gasteiger partial charge in [-0.05, 0) is 94.5 Å². The van der Waals surface area contributed by atoms with Gasteiger partial charge in [-0.3, -0.25) is 9.79 Å². The zero-order valence-electron chi connectivity index (χ0n) is 18.4. The third kappa shape index (κ3) is 5.74. The van der Waals surface area contributed by atoms with E-state index in [2.05, 4.69) is 26.2 Å². The fourth-order valence-corrected chi connectivity index (χ4v) is 4.26. The Bertz CT molecular complexity index is 1370. The molecular formula is C28H22BrClN2O2. The van der Waals surface area contributed by atoms with Gasteiger partial charge in [-0.25, -0.2) is 0 Å². The second-order valence-electron chi connectivity index (χ2n) is 7.86. The van der Waals surface area contributed by atoms with Gasteiger partial charge < -0.3 is 10.4 Å². The molecule has 4 rings (SSSR count). The van der Waals surface area contributed by atoms with E-state index in [0.717, 1.165) is 22.4 Å². The molecule has 2 N–H and O–H groups in total. The summed E-state index contributed by atoms with van der Waals surface area (Å²) in [6, 6.07) is 26.1. The first-order valence-corrected chi connectivity index (χ1v) is 11.8. The lowest BCUT2D eigenvalue weighted by Gasteiger charge is -2.10. The molecule has 0 atom stereocenters. The monoisotopic (exact) mass is 532 g/mol. The van der Waals surface area contributed by atoms with Gasteiger partial charge >= 0.3 is 0 Å². The lowest BCUT2D eigenvalue weighted by atomic mass is 10.0. The van der Waals surface area contributed by atoms with Gasteiger partial charge in [0, 0.05) is 28.1 Å². The summed E-state index contributed by atoms with van der Waals surface area (Å²) in [4.78, 5) is 17.0. The number of aromatic hydroxyl groups is 1. The van der Waals surface area contributed by atoms with Crippen LogP contribution >= 0.6 is 27.5 Å². The molecule has 0 aliphatic carbocycles. The lowest BCUT2D eigenvalue weighted by molar-refractivity contribution is 0.102. The Morgan fingerprint density at radius 2 is 1.76 bits per heavy atom. The van der Waals surface area contributed by atoms with Crippen molar-refractivity contribution < 1.29 is 9.90 Å². The molecule has 4 aromatic rings. The number of nitrogens with zero attached hydrogens (tertiary/aromatic N) is 1. The molecule has 1 amide bonds. The van der Waals surface area contributed by atoms with Crippen molar-refractivity contribution in [1.29, 1.82) is 0 Å². The topological polar surface area (TPSA) is 61.7 Å². The minimum absolute atomic E-state index is 0.120. The van der Waals surface area contributed by atoms with E-state index in [1.807, 2.05) is 79.7 Å². The van der Waals surface area contributed by atoms with Gasteiger partial charge in [0.1, 0.15) is 5.75 Å². The van der Waals surface area contributed by atoms with Crippen molar-refractivity contribution in [2.24, 2.45) is 4.99 Å². The molecule has 0 heterocycles. The minimum Gasteiger partial charge on any atom is -0.506 e. The van der Waals surface area contributed by atoms with E-state index in [1.165, 1.54) is 0 Å². The maximum Gasteiger partial charge on any atom is 0.255 e. The Morgan fingerprint density at radius 3 is 2.50 bits per heavy atom. The molecule has 0 fully saturated rings. The van der Waals surface area contributed by atoms with E-state index in [-0.39, 0.29) is 11.7 Å². The highest BCUT2D eigenvalue weighted by Gasteiger charge is 2.10. The number of rotatable bonds is 6. The summed E-state index contributed by atoms with van der Waals surface area (Å²) in [5, 5.41) is 14.2. The summed E-state index contributed by atoms with van der Waals surface area (Å²) in [7, 11) is 0. The fourth-order valence-electron chi connectivity index (χ4n) is 3.54. The Morgan fingerprint density at radius 1 is 1.03 bits per heavy atom. The number of nitrogens with one attached hydrogen (secondary N) is 1. The summed E-state index contributed by atoms with van der Waals surface area (Å²) >= 11 is 9.74. The van der Waals surface area contributed by atoms with Crippen LogP contribution in [-0.4, -0.2) is 17.2 Å². The van der Waals surface area contributed by atoms with Gasteiger partial charge in [0.2, 0.25) is 0 Å². The van der Waals surface area contributed by atoms with E-state index in [4.69, 9.17) is 11.6 Å². The molecular weight excluding hydrogens is 512 g/mol. The smallest absolute Gasteiger partial charge is 0.255 e. The third-order valence-electron chi connectivity index (χ3n) is 5.35. The van der Waals surface area contributed by atoms with Crippen molar-refractivity contribution in [2.75, 3.05) is 5.32 Å². The molecule has 6 heteroatoms. The first-order chi connectivity index (χ1) is 16.4. The Balaban J connectivity index is 1.53. The number of aliphatic imine (C=N–C) groups is 1. The molecule has 0 bridgehead atoms. The molecule has 0 saturated heterocycles. The van der Waals surface area contributed by atoms with Gasteiger partial charge in [0.15, 0.2) is 0 Å². The Hall–Kier alpha value is -3.41. The maximum absolute atomic E-state index is 12.4. The van der Waals surface area contributed by atoms with Crippen LogP contribution in [0.3, 0.4) is 0 Å². The number of benzene rings is 4. The van der Waals surface area contributed by atoms with E-state index in [9.17, 15) is 9.90 Å². The first kappa shape index (κ1) is 23.7. The normalized spacial score (nSPS) is 11.0. The number of hydrogen-bond acceptors (Lipinski definition) is 3. The van der Waals surface area contributed by atoms with E-state index in [1.54, 1.807) is 18.3 Å². The standard InChI is InChI=1S/C28H22BrClN2O2/c1-18-13-23(11-12-26(18)32-28(34)20-7-3-2-4-8-20)31-17-22-15-19(16-24(29)27(22)33)14-21-9-5-6-10-25(21)30/h2-13,15-17,33H,14H2,1H3,(H,32,34). The van der Waals surface area contributed by atoms with Crippen LogP contribution in [0.25, 0.3) is 0 Å². The molecule has 0 unspecified atom stereocenters. The third-order valence-corrected chi connectivity index (χ3v) is 6.33. The molecule has 0 aliphatic heterocycles. The van der Waals surface area contributed by atoms with Gasteiger partial charge in [0.05, 0.1) is 10.2 Å². The predicted molar refractivity (Wildman–Crippen MR) is 143 cm³/mol. The van der Waals surface area contributed by atoms with Crippen LogP contribution in [0, 0.1) is 6.92 Å². The van der Waals surface area contributed by atoms with Crippen LogP contribution in [0.4, 0.5) is 11.4 Å². The quantitative estimate of drug-likeness (QED) is 0.249. The number of halogens is 2. The molecule has 0 spiro atoms. The molecule has 0 radical (unpaired) electrons. The Labute approximate surface area is 212 Å². The number of aryl methyl sites for hydroxylation is 1. The summed E-state index contributed by atoms with van der Waals surface area (Å²) in [6.45, 7) is 1.91. The molecule has 0 aromatic heterocycles. The fraction of sp³-hybridized carbons (Fsp3) is 0.0714. The van der Waals surface area contributed by atoms with Gasteiger partial charge in [-0.15, -0.1) is 0 Å². The number of anilines is 1. The van der Waals surface area contributed by atoms with Crippen LogP contribution in [0.5, 0.6) is 5.75 Å². The minimum atomic E-state index is -0.162. The number of amides is 1. The van der Waals surface area contributed by atoms with Crippen molar-refractivity contribution in [3.8, 4) is 5.75 Å². The number of phenolic OH excluding ortho intramolecular Hbond substituents is 1. The molecule has 34 heavy (non-hydrogen) atoms. The van der Waals surface area contributed by atoms with Crippen molar-refractivity contribution in [3.63, 3.8) is 0 Å². The average Bonchev–Trinajstić information content (AvgIpc) is 2.84. The largest absolute Gasteiger partial charge is 0.506 e. The van der Waals surface area contributed by atoms with Crippen LogP contribution in [0.2, 0.25) is 5.02 Å². The van der Waals surface area contributed by atoms with Crippen LogP contribution in [0.15, 0.2) is 94.4 Å². The highest BCUT2D eigenvalue weighted by molar-refractivity contribution is 9.10. The maximum atomic E-state index is 12.4. The van der Waals surface area contributed by atoms with Crippen molar-refractivity contribution in [2.45, 2.75) is 13.3 Å². The molecule has 170 valence electrons. The molecule has 4 aromatic carbocycles. The summed E-state index contributed by atoms with van der Waals surface area (Å²) < 4.78 is 0.591. The second kappa shape index (κ2) is 10.7. The molecule has 4 nitrogen and oxygen atoms in total. The second-order valence-corrected chi connectivity index (χ2v) is 9.12. The average molecular weight is 534 g/mol. The van der Waals surface area contributed by atoms with Gasteiger partial charge in [-0.1, -0.05) is 48.0 Å². The molecule has 0 aliphatic rings. The zero-order valence-corrected chi connectivity index (χ0v) is 20.8. The highest BCUT2D eigenvalue weighted by atomic mass is 79.9. The Kier molecular flexibility index (Phi) is 7.46. The first-order valence-electron chi connectivity index (χ1n) is 10.7. The number of hydrogen-bond donors (Lipinski definition) is 2. The number of phenols is 1. The summed E-state index contributed by atoms with van der Waals surface area (Å²) in [5.41, 5.74) is 5.51. The number of carbonyl (C=O) groups is 1.